The summed E-state index contributed by atoms with van der Waals surface area (Å²) in [6.07, 6.45) is 25.8. The molecule has 0 heterocycles. The zero-order chi connectivity index (χ0) is 18.4. The van der Waals surface area contributed by atoms with Gasteiger partial charge < -0.3 is 4.90 Å². The molecule has 0 unspecified atom stereocenters. The average Bonchev–Trinajstić information content (AvgIpc) is 2.67. The largest absolute Gasteiger partial charge is 0.303 e. The van der Waals surface area contributed by atoms with E-state index in [1.807, 2.05) is 0 Å². The summed E-state index contributed by atoms with van der Waals surface area (Å²) in [5, 5.41) is 0. The van der Waals surface area contributed by atoms with Crippen molar-refractivity contribution in [1.82, 2.24) is 4.90 Å². The van der Waals surface area contributed by atoms with Crippen LogP contribution in [-0.4, -0.2) is 24.5 Å². The monoisotopic (exact) mass is 353 g/mol. The van der Waals surface area contributed by atoms with Crippen LogP contribution in [0.1, 0.15) is 136 Å². The van der Waals surface area contributed by atoms with Gasteiger partial charge in [-0.15, -0.1) is 0 Å². The van der Waals surface area contributed by atoms with Crippen molar-refractivity contribution >= 4 is 0 Å². The molecule has 0 aliphatic heterocycles. The van der Waals surface area contributed by atoms with Gasteiger partial charge in [-0.2, -0.15) is 0 Å². The van der Waals surface area contributed by atoms with Crippen molar-refractivity contribution in [3.05, 3.63) is 0 Å². The summed E-state index contributed by atoms with van der Waals surface area (Å²) in [5.74, 6) is 0. The van der Waals surface area contributed by atoms with E-state index in [0.29, 0.717) is 0 Å². The number of hydrogen-bond acceptors (Lipinski definition) is 1. The smallest absolute Gasteiger partial charge is 0.00187 e. The lowest BCUT2D eigenvalue weighted by Crippen LogP contribution is -2.27. The summed E-state index contributed by atoms with van der Waals surface area (Å²) in [4.78, 5) is 2.74. The van der Waals surface area contributed by atoms with Crippen molar-refractivity contribution < 1.29 is 0 Å². The first-order valence-electron chi connectivity index (χ1n) is 12.1. The molecular weight excluding hydrogens is 302 g/mol. The molecule has 1 nitrogen and oxygen atoms in total. The van der Waals surface area contributed by atoms with Gasteiger partial charge in [-0.25, -0.2) is 0 Å². The second-order valence-corrected chi connectivity index (χ2v) is 8.14. The van der Waals surface area contributed by atoms with Crippen LogP contribution >= 0.6 is 0 Å². The molecule has 0 N–H and O–H groups in total. The SMILES string of the molecule is C1CCCCC1.CCCCCCN(CCCCCC)CCCCCC. The van der Waals surface area contributed by atoms with Crippen LogP contribution in [0.25, 0.3) is 0 Å². The lowest BCUT2D eigenvalue weighted by molar-refractivity contribution is 0.255. The Morgan fingerprint density at radius 3 is 0.920 bits per heavy atom. The van der Waals surface area contributed by atoms with Gasteiger partial charge in [0.05, 0.1) is 0 Å². The number of hydrogen-bond donors (Lipinski definition) is 0. The average molecular weight is 354 g/mol. The van der Waals surface area contributed by atoms with Gasteiger partial charge in [0.15, 0.2) is 0 Å². The van der Waals surface area contributed by atoms with Crippen molar-refractivity contribution in [2.75, 3.05) is 19.6 Å². The van der Waals surface area contributed by atoms with Crippen LogP contribution in [0.2, 0.25) is 0 Å². The maximum atomic E-state index is 2.74. The predicted molar refractivity (Wildman–Crippen MR) is 117 cm³/mol. The highest BCUT2D eigenvalue weighted by molar-refractivity contribution is 4.59. The molecule has 1 heteroatoms. The molecule has 0 aromatic rings. The zero-order valence-electron chi connectivity index (χ0n) is 18.3. The highest BCUT2D eigenvalue weighted by atomic mass is 15.1. The maximum Gasteiger partial charge on any atom is -0.00187 e. The first-order chi connectivity index (χ1) is 12.3. The Hall–Kier alpha value is -0.0400. The normalized spacial score (nSPS) is 14.4. The van der Waals surface area contributed by atoms with E-state index in [9.17, 15) is 0 Å². The van der Waals surface area contributed by atoms with Crippen molar-refractivity contribution in [2.24, 2.45) is 0 Å². The molecule has 0 atom stereocenters. The lowest BCUT2D eigenvalue weighted by Gasteiger charge is -2.22. The van der Waals surface area contributed by atoms with Crippen LogP contribution in [0.4, 0.5) is 0 Å². The molecule has 0 aromatic carbocycles. The highest BCUT2D eigenvalue weighted by Gasteiger charge is 2.04. The van der Waals surface area contributed by atoms with E-state index in [2.05, 4.69) is 25.7 Å². The molecule has 0 spiro atoms. The standard InChI is InChI=1S/C18H39N.C6H12/c1-4-7-10-13-16-19(17-14-11-8-5-2)18-15-12-9-6-3;1-2-4-6-5-3-1/h4-18H2,1-3H3;1-6H2. The van der Waals surface area contributed by atoms with Gasteiger partial charge in [-0.1, -0.05) is 117 Å². The van der Waals surface area contributed by atoms with Crippen molar-refractivity contribution in [2.45, 2.75) is 136 Å². The third-order valence-electron chi connectivity index (χ3n) is 5.48. The van der Waals surface area contributed by atoms with E-state index in [4.69, 9.17) is 0 Å². The summed E-state index contributed by atoms with van der Waals surface area (Å²) in [7, 11) is 0. The van der Waals surface area contributed by atoms with Gasteiger partial charge in [0.1, 0.15) is 0 Å². The summed E-state index contributed by atoms with van der Waals surface area (Å²) < 4.78 is 0. The van der Waals surface area contributed by atoms with Gasteiger partial charge in [0.25, 0.3) is 0 Å². The Morgan fingerprint density at radius 1 is 0.400 bits per heavy atom. The fourth-order valence-electron chi connectivity index (χ4n) is 3.68. The third kappa shape index (κ3) is 20.1. The molecule has 0 amide bonds. The van der Waals surface area contributed by atoms with Gasteiger partial charge in [0, 0.05) is 0 Å². The van der Waals surface area contributed by atoms with E-state index in [-0.39, 0.29) is 0 Å². The molecule has 0 aromatic heterocycles. The first-order valence-corrected chi connectivity index (χ1v) is 12.1. The summed E-state index contributed by atoms with van der Waals surface area (Å²) >= 11 is 0. The Morgan fingerprint density at radius 2 is 0.680 bits per heavy atom. The molecule has 0 radical (unpaired) electrons. The molecule has 1 rings (SSSR count). The van der Waals surface area contributed by atoms with E-state index in [1.54, 1.807) is 0 Å². The van der Waals surface area contributed by atoms with E-state index in [0.717, 1.165) is 0 Å². The second-order valence-electron chi connectivity index (χ2n) is 8.14. The molecule has 152 valence electrons. The van der Waals surface area contributed by atoms with E-state index in [1.165, 1.54) is 135 Å². The van der Waals surface area contributed by atoms with Crippen LogP contribution < -0.4 is 0 Å². The molecule has 0 saturated heterocycles. The highest BCUT2D eigenvalue weighted by Crippen LogP contribution is 2.15. The lowest BCUT2D eigenvalue weighted by atomic mass is 10.0. The second kappa shape index (κ2) is 22.0. The predicted octanol–water partition coefficient (Wildman–Crippen LogP) is 8.37. The Kier molecular flexibility index (Phi) is 22.0. The van der Waals surface area contributed by atoms with Gasteiger partial charge >= 0.3 is 0 Å². The quantitative estimate of drug-likeness (QED) is 0.267. The number of nitrogens with zero attached hydrogens (tertiary/aromatic N) is 1. The molecular formula is C24H51N. The fraction of sp³-hybridized carbons (Fsp3) is 1.00. The number of rotatable bonds is 15. The van der Waals surface area contributed by atoms with Gasteiger partial charge in [-0.3, -0.25) is 0 Å². The minimum absolute atomic E-state index is 1.35. The molecule has 1 aliphatic rings. The first kappa shape index (κ1) is 25.0. The summed E-state index contributed by atoms with van der Waals surface area (Å²) in [5.41, 5.74) is 0. The molecule has 1 saturated carbocycles. The minimum Gasteiger partial charge on any atom is -0.303 e. The van der Waals surface area contributed by atoms with Crippen LogP contribution in [0.3, 0.4) is 0 Å². The summed E-state index contributed by atoms with van der Waals surface area (Å²) in [6.45, 7) is 10.9. The molecule has 25 heavy (non-hydrogen) atoms. The Balaban J connectivity index is 0.000000796. The Bertz CT molecular complexity index is 182. The van der Waals surface area contributed by atoms with Crippen molar-refractivity contribution in [1.29, 1.82) is 0 Å². The Labute approximate surface area is 161 Å². The van der Waals surface area contributed by atoms with E-state index >= 15 is 0 Å². The van der Waals surface area contributed by atoms with Crippen LogP contribution in [0, 0.1) is 0 Å². The third-order valence-corrected chi connectivity index (χ3v) is 5.48. The van der Waals surface area contributed by atoms with Crippen molar-refractivity contribution in [3.63, 3.8) is 0 Å². The maximum absolute atomic E-state index is 2.74. The van der Waals surface area contributed by atoms with Crippen LogP contribution in [-0.2, 0) is 0 Å². The van der Waals surface area contributed by atoms with Crippen molar-refractivity contribution in [3.8, 4) is 0 Å². The topological polar surface area (TPSA) is 3.24 Å². The summed E-state index contributed by atoms with van der Waals surface area (Å²) in [6, 6.07) is 0. The van der Waals surface area contributed by atoms with Gasteiger partial charge in [-0.05, 0) is 38.9 Å². The minimum atomic E-state index is 1.35. The zero-order valence-corrected chi connectivity index (χ0v) is 18.3. The molecule has 0 bridgehead atoms. The van der Waals surface area contributed by atoms with Crippen LogP contribution in [0.15, 0.2) is 0 Å². The van der Waals surface area contributed by atoms with Gasteiger partial charge in [0.2, 0.25) is 0 Å². The molecule has 1 aliphatic carbocycles. The fourth-order valence-corrected chi connectivity index (χ4v) is 3.68. The van der Waals surface area contributed by atoms with Crippen LogP contribution in [0.5, 0.6) is 0 Å². The molecule has 1 fully saturated rings. The van der Waals surface area contributed by atoms with E-state index < -0.39 is 0 Å². The number of unbranched alkanes of at least 4 members (excludes halogenated alkanes) is 9.